The summed E-state index contributed by atoms with van der Waals surface area (Å²) in [6, 6.07) is 6.32. The first-order valence-corrected chi connectivity index (χ1v) is 6.56. The molecular weight excluding hydrogens is 228 g/mol. The second kappa shape index (κ2) is 10.00. The van der Waals surface area contributed by atoms with E-state index in [0.717, 1.165) is 25.1 Å². The van der Waals surface area contributed by atoms with Crippen LogP contribution in [0.25, 0.3) is 0 Å². The number of hydrogen-bond donors (Lipinski definition) is 1. The van der Waals surface area contributed by atoms with E-state index in [9.17, 15) is 0 Å². The van der Waals surface area contributed by atoms with Crippen LogP contribution in [0.2, 0.25) is 0 Å². The summed E-state index contributed by atoms with van der Waals surface area (Å²) in [6.45, 7) is 5.15. The Labute approximate surface area is 110 Å². The van der Waals surface area contributed by atoms with Crippen LogP contribution in [0, 0.1) is 0 Å². The topological polar surface area (TPSA) is 43.4 Å². The fourth-order valence-corrected chi connectivity index (χ4v) is 1.68. The van der Waals surface area contributed by atoms with Gasteiger partial charge in [-0.15, -0.1) is 0 Å². The highest BCUT2D eigenvalue weighted by Crippen LogP contribution is 2.00. The summed E-state index contributed by atoms with van der Waals surface area (Å²) < 4.78 is 10.6. The summed E-state index contributed by atoms with van der Waals surface area (Å²) in [6.07, 6.45) is 3.85. The largest absolute Gasteiger partial charge is 0.382 e. The maximum absolute atomic E-state index is 5.59. The molecule has 0 amide bonds. The number of aromatic nitrogens is 1. The van der Waals surface area contributed by atoms with E-state index in [2.05, 4.69) is 23.3 Å². The monoisotopic (exact) mass is 252 g/mol. The Hall–Kier alpha value is -0.970. The van der Waals surface area contributed by atoms with Crippen LogP contribution in [0.15, 0.2) is 24.4 Å². The van der Waals surface area contributed by atoms with Crippen molar-refractivity contribution in [2.75, 3.05) is 33.5 Å². The molecule has 0 radical (unpaired) electrons. The van der Waals surface area contributed by atoms with E-state index in [1.165, 1.54) is 0 Å². The third-order valence-electron chi connectivity index (χ3n) is 2.62. The molecule has 1 atom stereocenters. The standard InChI is InChI=1S/C14H24N2O2/c1-3-7-15-14(12-18-10-9-17-2)11-13-6-4-5-8-16-13/h4-6,8,14-15H,3,7,9-12H2,1-2H3. The molecule has 0 aliphatic heterocycles. The van der Waals surface area contributed by atoms with Crippen molar-refractivity contribution in [3.8, 4) is 0 Å². The number of hydrogen-bond acceptors (Lipinski definition) is 4. The quantitative estimate of drug-likeness (QED) is 0.643. The van der Waals surface area contributed by atoms with Crippen molar-refractivity contribution in [3.05, 3.63) is 30.1 Å². The van der Waals surface area contributed by atoms with Gasteiger partial charge in [-0.2, -0.15) is 0 Å². The fourth-order valence-electron chi connectivity index (χ4n) is 1.68. The van der Waals surface area contributed by atoms with Crippen molar-refractivity contribution in [2.24, 2.45) is 0 Å². The lowest BCUT2D eigenvalue weighted by Crippen LogP contribution is -2.36. The first-order chi connectivity index (χ1) is 8.86. The minimum atomic E-state index is 0.316. The van der Waals surface area contributed by atoms with Crippen molar-refractivity contribution in [1.29, 1.82) is 0 Å². The Bertz CT molecular complexity index is 293. The van der Waals surface area contributed by atoms with E-state index in [1.54, 1.807) is 7.11 Å². The maximum atomic E-state index is 5.59. The smallest absolute Gasteiger partial charge is 0.0701 e. The van der Waals surface area contributed by atoms with Gasteiger partial charge in [0.05, 0.1) is 19.8 Å². The molecule has 0 saturated heterocycles. The number of pyridine rings is 1. The van der Waals surface area contributed by atoms with Gasteiger partial charge in [0.1, 0.15) is 0 Å². The van der Waals surface area contributed by atoms with Crippen molar-refractivity contribution >= 4 is 0 Å². The van der Waals surface area contributed by atoms with Gasteiger partial charge in [0.15, 0.2) is 0 Å². The van der Waals surface area contributed by atoms with E-state index in [-0.39, 0.29) is 0 Å². The van der Waals surface area contributed by atoms with Crippen molar-refractivity contribution < 1.29 is 9.47 Å². The fraction of sp³-hybridized carbons (Fsp3) is 0.643. The molecule has 0 aromatic carbocycles. The van der Waals surface area contributed by atoms with Crippen molar-refractivity contribution in [2.45, 2.75) is 25.8 Å². The second-order valence-corrected chi connectivity index (χ2v) is 4.24. The Balaban J connectivity index is 2.35. The number of ether oxygens (including phenoxy) is 2. The highest BCUT2D eigenvalue weighted by atomic mass is 16.5. The van der Waals surface area contributed by atoms with Gasteiger partial charge < -0.3 is 14.8 Å². The van der Waals surface area contributed by atoms with Crippen LogP contribution in [0.1, 0.15) is 19.0 Å². The second-order valence-electron chi connectivity index (χ2n) is 4.24. The van der Waals surface area contributed by atoms with Crippen LogP contribution in [-0.2, 0) is 15.9 Å². The molecule has 1 rings (SSSR count). The van der Waals surface area contributed by atoms with Gasteiger partial charge in [-0.3, -0.25) is 4.98 Å². The Morgan fingerprint density at radius 2 is 2.22 bits per heavy atom. The average molecular weight is 252 g/mol. The lowest BCUT2D eigenvalue weighted by atomic mass is 10.1. The summed E-state index contributed by atoms with van der Waals surface area (Å²) in [5, 5.41) is 3.49. The van der Waals surface area contributed by atoms with Crippen LogP contribution >= 0.6 is 0 Å². The maximum Gasteiger partial charge on any atom is 0.0701 e. The Morgan fingerprint density at radius 3 is 2.89 bits per heavy atom. The van der Waals surface area contributed by atoms with E-state index in [1.807, 2.05) is 18.3 Å². The van der Waals surface area contributed by atoms with Crippen molar-refractivity contribution in [3.63, 3.8) is 0 Å². The summed E-state index contributed by atoms with van der Waals surface area (Å²) >= 11 is 0. The molecule has 0 aliphatic carbocycles. The third kappa shape index (κ3) is 6.69. The molecule has 0 aliphatic rings. The first-order valence-electron chi connectivity index (χ1n) is 6.56. The molecule has 1 unspecified atom stereocenters. The highest BCUT2D eigenvalue weighted by Gasteiger charge is 2.09. The summed E-state index contributed by atoms with van der Waals surface area (Å²) in [7, 11) is 1.68. The minimum absolute atomic E-state index is 0.316. The van der Waals surface area contributed by atoms with Gasteiger partial charge >= 0.3 is 0 Å². The predicted molar refractivity (Wildman–Crippen MR) is 72.7 cm³/mol. The molecule has 4 heteroatoms. The molecular formula is C14H24N2O2. The number of nitrogens with zero attached hydrogens (tertiary/aromatic N) is 1. The molecule has 0 saturated carbocycles. The van der Waals surface area contributed by atoms with Crippen LogP contribution in [0.3, 0.4) is 0 Å². The zero-order valence-corrected chi connectivity index (χ0v) is 11.4. The lowest BCUT2D eigenvalue weighted by molar-refractivity contribution is 0.0586. The van der Waals surface area contributed by atoms with Crippen LogP contribution in [0.5, 0.6) is 0 Å². The lowest BCUT2D eigenvalue weighted by Gasteiger charge is -2.18. The van der Waals surface area contributed by atoms with Gasteiger partial charge in [0.2, 0.25) is 0 Å². The summed E-state index contributed by atoms with van der Waals surface area (Å²) in [5.41, 5.74) is 1.10. The summed E-state index contributed by atoms with van der Waals surface area (Å²) in [4.78, 5) is 4.35. The van der Waals surface area contributed by atoms with E-state index >= 15 is 0 Å². The molecule has 1 aromatic heterocycles. The molecule has 1 heterocycles. The normalized spacial score (nSPS) is 12.6. The molecule has 102 valence electrons. The zero-order chi connectivity index (χ0) is 13.1. The number of methoxy groups -OCH3 is 1. The molecule has 1 aromatic rings. The van der Waals surface area contributed by atoms with Gasteiger partial charge in [0, 0.05) is 31.5 Å². The molecule has 0 spiro atoms. The van der Waals surface area contributed by atoms with Gasteiger partial charge in [-0.1, -0.05) is 13.0 Å². The number of nitrogens with one attached hydrogen (secondary N) is 1. The molecule has 1 N–H and O–H groups in total. The molecule has 18 heavy (non-hydrogen) atoms. The van der Waals surface area contributed by atoms with Gasteiger partial charge in [0.25, 0.3) is 0 Å². The zero-order valence-electron chi connectivity index (χ0n) is 11.4. The minimum Gasteiger partial charge on any atom is -0.382 e. The van der Waals surface area contributed by atoms with E-state index in [0.29, 0.717) is 25.9 Å². The van der Waals surface area contributed by atoms with E-state index < -0.39 is 0 Å². The van der Waals surface area contributed by atoms with Crippen LogP contribution in [-0.4, -0.2) is 44.5 Å². The van der Waals surface area contributed by atoms with E-state index in [4.69, 9.17) is 9.47 Å². The third-order valence-corrected chi connectivity index (χ3v) is 2.62. The summed E-state index contributed by atoms with van der Waals surface area (Å²) in [5.74, 6) is 0. The average Bonchev–Trinajstić information content (AvgIpc) is 2.41. The SMILES string of the molecule is CCCNC(COCCOC)Cc1ccccn1. The molecule has 0 bridgehead atoms. The predicted octanol–water partition coefficient (Wildman–Crippen LogP) is 1.66. The number of rotatable bonds is 10. The van der Waals surface area contributed by atoms with Crippen LogP contribution < -0.4 is 5.32 Å². The van der Waals surface area contributed by atoms with Crippen LogP contribution in [0.4, 0.5) is 0 Å². The highest BCUT2D eigenvalue weighted by molar-refractivity contribution is 5.05. The molecule has 4 nitrogen and oxygen atoms in total. The first kappa shape index (κ1) is 15.1. The Morgan fingerprint density at radius 1 is 1.33 bits per heavy atom. The molecule has 0 fully saturated rings. The Kier molecular flexibility index (Phi) is 8.38. The van der Waals surface area contributed by atoms with Gasteiger partial charge in [-0.25, -0.2) is 0 Å². The van der Waals surface area contributed by atoms with Gasteiger partial charge in [-0.05, 0) is 25.1 Å². The van der Waals surface area contributed by atoms with Crippen molar-refractivity contribution in [1.82, 2.24) is 10.3 Å².